The van der Waals surface area contributed by atoms with Gasteiger partial charge in [0.1, 0.15) is 0 Å². The third-order valence-electron chi connectivity index (χ3n) is 4.70. The van der Waals surface area contributed by atoms with E-state index in [1.54, 1.807) is 0 Å². The molecule has 0 bridgehead atoms. The number of nitrogens with zero attached hydrogens (tertiary/aromatic N) is 1. The lowest BCUT2D eigenvalue weighted by atomic mass is 10.1. The van der Waals surface area contributed by atoms with Gasteiger partial charge in [-0.15, -0.1) is 0 Å². The van der Waals surface area contributed by atoms with Gasteiger partial charge in [0.15, 0.2) is 0 Å². The zero-order chi connectivity index (χ0) is 18.5. The van der Waals surface area contributed by atoms with Gasteiger partial charge in [-0.05, 0) is 83.8 Å². The molecule has 0 aromatic carbocycles. The minimum atomic E-state index is 1.05. The van der Waals surface area contributed by atoms with Crippen LogP contribution >= 0.6 is 0 Å². The Kier molecular flexibility index (Phi) is 16.1. The van der Waals surface area contributed by atoms with Gasteiger partial charge in [0.05, 0.1) is 0 Å². The van der Waals surface area contributed by atoms with E-state index in [1.165, 1.54) is 58.2 Å². The lowest BCUT2D eigenvalue weighted by molar-refractivity contribution is 0.329. The largest absolute Gasteiger partial charge is 0.303 e. The van der Waals surface area contributed by atoms with Crippen LogP contribution in [-0.4, -0.2) is 24.5 Å². The maximum atomic E-state index is 2.62. The third kappa shape index (κ3) is 15.0. The zero-order valence-electron chi connectivity index (χ0n) is 17.1. The number of hydrogen-bond acceptors (Lipinski definition) is 1. The summed E-state index contributed by atoms with van der Waals surface area (Å²) >= 11 is 0. The minimum Gasteiger partial charge on any atom is -0.303 e. The second-order valence-electron chi connectivity index (χ2n) is 7.11. The maximum absolute atomic E-state index is 2.62. The van der Waals surface area contributed by atoms with Crippen molar-refractivity contribution in [1.29, 1.82) is 0 Å². The molecule has 0 spiro atoms. The minimum absolute atomic E-state index is 1.05. The summed E-state index contributed by atoms with van der Waals surface area (Å²) in [5, 5.41) is 0. The summed E-state index contributed by atoms with van der Waals surface area (Å²) < 4.78 is 0. The second-order valence-corrected chi connectivity index (χ2v) is 7.11. The zero-order valence-corrected chi connectivity index (χ0v) is 17.1. The average Bonchev–Trinajstić information content (AvgIpc) is 3.17. The van der Waals surface area contributed by atoms with Crippen molar-refractivity contribution in [2.24, 2.45) is 0 Å². The molecular weight excluding hydrogens is 314 g/mol. The van der Waals surface area contributed by atoms with Crippen molar-refractivity contribution in [3.63, 3.8) is 0 Å². The predicted molar refractivity (Wildman–Crippen MR) is 119 cm³/mol. The second kappa shape index (κ2) is 18.5. The lowest BCUT2D eigenvalue weighted by Gasteiger charge is -2.13. The summed E-state index contributed by atoms with van der Waals surface area (Å²) in [4.78, 5) is 2.62. The van der Waals surface area contributed by atoms with E-state index in [0.29, 0.717) is 0 Å². The number of unbranched alkanes of at least 4 members (excludes halogenated alkanes) is 3. The molecule has 0 amide bonds. The lowest BCUT2D eigenvalue weighted by Crippen LogP contribution is -2.20. The summed E-state index contributed by atoms with van der Waals surface area (Å²) in [6.45, 7) is 6.18. The van der Waals surface area contributed by atoms with Crippen molar-refractivity contribution in [1.82, 2.24) is 4.90 Å². The molecule has 1 aliphatic heterocycles. The Morgan fingerprint density at radius 1 is 0.577 bits per heavy atom. The summed E-state index contributed by atoms with van der Waals surface area (Å²) in [5.41, 5.74) is 0. The fraction of sp³-hybridized carbons (Fsp3) is 0.600. The van der Waals surface area contributed by atoms with Crippen LogP contribution in [0.25, 0.3) is 0 Å². The van der Waals surface area contributed by atoms with Gasteiger partial charge in [0, 0.05) is 0 Å². The van der Waals surface area contributed by atoms with Gasteiger partial charge in [-0.2, -0.15) is 0 Å². The first-order chi connectivity index (χ1) is 12.9. The molecule has 0 aromatic heterocycles. The smallest absolute Gasteiger partial charge is 0.00183 e. The molecule has 1 fully saturated rings. The van der Waals surface area contributed by atoms with Gasteiger partial charge in [-0.3, -0.25) is 0 Å². The van der Waals surface area contributed by atoms with Crippen LogP contribution in [0, 0.1) is 0 Å². The highest BCUT2D eigenvalue weighted by Crippen LogP contribution is 2.09. The predicted octanol–water partition coefficient (Wildman–Crippen LogP) is 7.39. The normalized spacial score (nSPS) is 16.7. The summed E-state index contributed by atoms with van der Waals surface area (Å²) in [6, 6.07) is 0. The molecule has 0 unspecified atom stereocenters. The standard InChI is InChI=1S/C25H41N/c1-2-3-4-5-6-7-8-9-10-11-12-13-14-15-16-17-18-19-20-23-26-24-21-22-25-26/h3-4,6-7,9-10,12-13,15-16H,2,5,8,11,14,17-25H2,1H3/b4-3-,7-6-,10-9-,13-12-,16-15-. The molecule has 0 aliphatic carbocycles. The monoisotopic (exact) mass is 355 g/mol. The molecule has 26 heavy (non-hydrogen) atoms. The Balaban J connectivity index is 1.84. The van der Waals surface area contributed by atoms with E-state index >= 15 is 0 Å². The molecule has 146 valence electrons. The van der Waals surface area contributed by atoms with Gasteiger partial charge in [-0.25, -0.2) is 0 Å². The van der Waals surface area contributed by atoms with Gasteiger partial charge in [-0.1, -0.05) is 74.1 Å². The molecular formula is C25H41N. The Bertz CT molecular complexity index is 433. The topological polar surface area (TPSA) is 3.24 Å². The van der Waals surface area contributed by atoms with Crippen LogP contribution in [-0.2, 0) is 0 Å². The van der Waals surface area contributed by atoms with E-state index in [4.69, 9.17) is 0 Å². The van der Waals surface area contributed by atoms with E-state index in [-0.39, 0.29) is 0 Å². The molecule has 1 heteroatoms. The van der Waals surface area contributed by atoms with Crippen molar-refractivity contribution in [3.05, 3.63) is 60.8 Å². The van der Waals surface area contributed by atoms with E-state index in [1.807, 2.05) is 0 Å². The molecule has 1 rings (SSSR count). The van der Waals surface area contributed by atoms with Gasteiger partial charge < -0.3 is 4.90 Å². The van der Waals surface area contributed by atoms with Crippen LogP contribution in [0.1, 0.15) is 77.6 Å². The molecule has 0 aromatic rings. The molecule has 0 saturated carbocycles. The molecule has 1 saturated heterocycles. The highest BCUT2D eigenvalue weighted by Gasteiger charge is 2.09. The quantitative estimate of drug-likeness (QED) is 0.218. The van der Waals surface area contributed by atoms with Crippen LogP contribution in [0.2, 0.25) is 0 Å². The molecule has 1 nitrogen and oxygen atoms in total. The van der Waals surface area contributed by atoms with Crippen LogP contribution in [0.5, 0.6) is 0 Å². The first-order valence-electron chi connectivity index (χ1n) is 10.9. The molecule has 0 atom stereocenters. The fourth-order valence-electron chi connectivity index (χ4n) is 3.15. The average molecular weight is 356 g/mol. The van der Waals surface area contributed by atoms with Crippen LogP contribution in [0.3, 0.4) is 0 Å². The van der Waals surface area contributed by atoms with E-state index in [9.17, 15) is 0 Å². The van der Waals surface area contributed by atoms with Crippen molar-refractivity contribution in [3.8, 4) is 0 Å². The Morgan fingerprint density at radius 3 is 1.62 bits per heavy atom. The number of allylic oxidation sites excluding steroid dienone is 10. The van der Waals surface area contributed by atoms with Crippen LogP contribution < -0.4 is 0 Å². The van der Waals surface area contributed by atoms with Crippen molar-refractivity contribution < 1.29 is 0 Å². The van der Waals surface area contributed by atoms with Crippen molar-refractivity contribution in [2.45, 2.75) is 77.6 Å². The highest BCUT2D eigenvalue weighted by atomic mass is 15.1. The Morgan fingerprint density at radius 2 is 1.08 bits per heavy atom. The maximum Gasteiger partial charge on any atom is -0.00183 e. The van der Waals surface area contributed by atoms with E-state index in [2.05, 4.69) is 72.6 Å². The molecule has 0 radical (unpaired) electrons. The number of rotatable bonds is 15. The SMILES string of the molecule is CC/C=C\C/C=C\C/C=C\C/C=C\C/C=C\CCCCCN1CCCC1. The van der Waals surface area contributed by atoms with Crippen molar-refractivity contribution >= 4 is 0 Å². The summed E-state index contributed by atoms with van der Waals surface area (Å²) in [6.07, 6.45) is 36.2. The Hall–Kier alpha value is -1.34. The van der Waals surface area contributed by atoms with E-state index in [0.717, 1.165) is 32.1 Å². The molecule has 1 heterocycles. The Labute approximate surface area is 163 Å². The van der Waals surface area contributed by atoms with Crippen LogP contribution in [0.4, 0.5) is 0 Å². The molecule has 1 aliphatic rings. The first-order valence-corrected chi connectivity index (χ1v) is 10.9. The van der Waals surface area contributed by atoms with Crippen LogP contribution in [0.15, 0.2) is 60.8 Å². The van der Waals surface area contributed by atoms with Gasteiger partial charge in [0.2, 0.25) is 0 Å². The molecule has 0 N–H and O–H groups in total. The first kappa shape index (κ1) is 22.7. The third-order valence-corrected chi connectivity index (χ3v) is 4.70. The van der Waals surface area contributed by atoms with Gasteiger partial charge in [0.25, 0.3) is 0 Å². The van der Waals surface area contributed by atoms with E-state index < -0.39 is 0 Å². The summed E-state index contributed by atoms with van der Waals surface area (Å²) in [5.74, 6) is 0. The summed E-state index contributed by atoms with van der Waals surface area (Å²) in [7, 11) is 0. The number of likely N-dealkylation sites (tertiary alicyclic amines) is 1. The van der Waals surface area contributed by atoms with Gasteiger partial charge >= 0.3 is 0 Å². The fourth-order valence-corrected chi connectivity index (χ4v) is 3.15. The highest BCUT2D eigenvalue weighted by molar-refractivity contribution is 5.00. The number of hydrogen-bond donors (Lipinski definition) is 0. The van der Waals surface area contributed by atoms with Crippen molar-refractivity contribution in [2.75, 3.05) is 19.6 Å².